The van der Waals surface area contributed by atoms with E-state index in [0.29, 0.717) is 11.5 Å². The zero-order chi connectivity index (χ0) is 20.5. The van der Waals surface area contributed by atoms with Gasteiger partial charge in [0.1, 0.15) is 6.04 Å². The van der Waals surface area contributed by atoms with Gasteiger partial charge in [-0.1, -0.05) is 30.3 Å². The first-order chi connectivity index (χ1) is 13.2. The third kappa shape index (κ3) is 4.40. The van der Waals surface area contributed by atoms with E-state index in [9.17, 15) is 22.8 Å². The maximum atomic E-state index is 12.6. The molecule has 11 nitrogen and oxygen atoms in total. The second kappa shape index (κ2) is 7.73. The molecule has 3 rings (SSSR count). The third-order valence-electron chi connectivity index (χ3n) is 4.65. The van der Waals surface area contributed by atoms with Gasteiger partial charge in [-0.05, 0) is 18.4 Å². The molecule has 1 unspecified atom stereocenters. The number of hydrogen-bond acceptors (Lipinski definition) is 6. The Morgan fingerprint density at radius 2 is 1.96 bits per heavy atom. The molecule has 12 heteroatoms. The molecule has 0 spiro atoms. The van der Waals surface area contributed by atoms with Crippen molar-refractivity contribution in [2.24, 2.45) is 0 Å². The molecule has 2 aliphatic rings. The van der Waals surface area contributed by atoms with Crippen LogP contribution in [-0.2, 0) is 30.7 Å². The van der Waals surface area contributed by atoms with E-state index in [0.717, 1.165) is 15.5 Å². The number of nitrogens with one attached hydrogen (secondary N) is 1. The minimum Gasteiger partial charge on any atom is -0.309 e. The number of amides is 4. The summed E-state index contributed by atoms with van der Waals surface area (Å²) in [6, 6.07) is 6.72. The van der Waals surface area contributed by atoms with Crippen LogP contribution in [0.1, 0.15) is 18.4 Å². The van der Waals surface area contributed by atoms with E-state index >= 15 is 0 Å². The predicted octanol–water partition coefficient (Wildman–Crippen LogP) is -0.278. The Hall–Kier alpha value is -2.70. The zero-order valence-electron chi connectivity index (χ0n) is 15.0. The average molecular weight is 412 g/mol. The fraction of sp³-hybridized carbons (Fsp3) is 0.438. The zero-order valence-corrected chi connectivity index (χ0v) is 15.8. The van der Waals surface area contributed by atoms with Crippen LogP contribution >= 0.6 is 0 Å². The van der Waals surface area contributed by atoms with Gasteiger partial charge < -0.3 is 4.90 Å². The van der Waals surface area contributed by atoms with Crippen molar-refractivity contribution in [3.05, 3.63) is 35.9 Å². The number of carbonyl (C=O) groups is 3. The monoisotopic (exact) mass is 412 g/mol. The molecule has 2 saturated heterocycles. The highest BCUT2D eigenvalue weighted by Gasteiger charge is 2.49. The molecule has 4 amide bonds. The van der Waals surface area contributed by atoms with Gasteiger partial charge in [-0.15, -0.1) is 4.28 Å². The predicted molar refractivity (Wildman–Crippen MR) is 94.4 cm³/mol. The number of piperidine rings is 1. The Labute approximate surface area is 161 Å². The van der Waals surface area contributed by atoms with Crippen LogP contribution in [-0.4, -0.2) is 71.5 Å². The van der Waals surface area contributed by atoms with Crippen molar-refractivity contribution < 1.29 is 31.6 Å². The number of nitrogens with zero attached hydrogens (tertiary/aromatic N) is 3. The van der Waals surface area contributed by atoms with Crippen LogP contribution in [0.15, 0.2) is 30.3 Å². The summed E-state index contributed by atoms with van der Waals surface area (Å²) in [6.07, 6.45) is 0.662. The Bertz CT molecular complexity index is 876. The van der Waals surface area contributed by atoms with Crippen LogP contribution < -0.4 is 5.43 Å². The molecule has 152 valence electrons. The molecule has 0 radical (unpaired) electrons. The molecule has 1 aromatic carbocycles. The molecule has 2 atom stereocenters. The Balaban J connectivity index is 1.60. The number of fused-ring (bicyclic) bond motifs is 2. The molecule has 2 heterocycles. The van der Waals surface area contributed by atoms with Gasteiger partial charge in [0.05, 0.1) is 12.5 Å². The number of hydroxylamine groups is 2. The van der Waals surface area contributed by atoms with Gasteiger partial charge in [0, 0.05) is 13.6 Å². The lowest BCUT2D eigenvalue weighted by atomic mass is 10.0. The van der Waals surface area contributed by atoms with Gasteiger partial charge in [-0.3, -0.25) is 24.6 Å². The number of hydrogen-bond donors (Lipinski definition) is 2. The topological polar surface area (TPSA) is 137 Å². The molecule has 2 N–H and O–H groups in total. The van der Waals surface area contributed by atoms with Crippen LogP contribution in [0, 0.1) is 0 Å². The largest absolute Gasteiger partial charge is 0.418 e. The standard InChI is InChI=1S/C16H20N4O7S/c1-18(14(21)9-11-5-3-2-4-6-11)17-15(22)13-8-7-12-10-19(13)16(23)20(12)27-28(24,25)26/h2-6,12-13H,7-10H2,1H3,(H,17,22)(H,24,25,26)/t12?,13-/m0/s1. The van der Waals surface area contributed by atoms with Gasteiger partial charge >= 0.3 is 16.4 Å². The van der Waals surface area contributed by atoms with Crippen LogP contribution in [0.3, 0.4) is 0 Å². The first-order valence-electron chi connectivity index (χ1n) is 8.53. The van der Waals surface area contributed by atoms with Crippen LogP contribution in [0.4, 0.5) is 4.79 Å². The van der Waals surface area contributed by atoms with Gasteiger partial charge in [0.2, 0.25) is 5.91 Å². The lowest BCUT2D eigenvalue weighted by molar-refractivity contribution is -0.141. The maximum Gasteiger partial charge on any atom is 0.418 e. The normalized spacial score (nSPS) is 21.6. The van der Waals surface area contributed by atoms with E-state index < -0.39 is 34.4 Å². The van der Waals surface area contributed by atoms with E-state index in [-0.39, 0.29) is 25.3 Å². The molecule has 2 aliphatic heterocycles. The molecule has 2 fully saturated rings. The number of benzene rings is 1. The Morgan fingerprint density at radius 1 is 1.29 bits per heavy atom. The van der Waals surface area contributed by atoms with E-state index in [1.807, 2.05) is 6.07 Å². The first kappa shape index (κ1) is 20.0. The lowest BCUT2D eigenvalue weighted by Crippen LogP contribution is -2.54. The minimum absolute atomic E-state index is 0.0775. The van der Waals surface area contributed by atoms with E-state index in [2.05, 4.69) is 9.71 Å². The first-order valence-corrected chi connectivity index (χ1v) is 9.90. The molecular weight excluding hydrogens is 392 g/mol. The van der Waals surface area contributed by atoms with E-state index in [4.69, 9.17) is 4.55 Å². The van der Waals surface area contributed by atoms with Crippen molar-refractivity contribution in [1.82, 2.24) is 20.4 Å². The lowest BCUT2D eigenvalue weighted by Gasteiger charge is -2.30. The summed E-state index contributed by atoms with van der Waals surface area (Å²) in [5.74, 6) is -0.901. The van der Waals surface area contributed by atoms with Gasteiger partial charge in [0.15, 0.2) is 0 Å². The molecule has 28 heavy (non-hydrogen) atoms. The molecule has 1 aromatic rings. The molecule has 2 bridgehead atoms. The fourth-order valence-corrected chi connectivity index (χ4v) is 3.68. The van der Waals surface area contributed by atoms with Crippen molar-refractivity contribution in [3.8, 4) is 0 Å². The van der Waals surface area contributed by atoms with E-state index in [1.165, 1.54) is 7.05 Å². The van der Waals surface area contributed by atoms with Gasteiger partial charge in [-0.25, -0.2) is 4.79 Å². The van der Waals surface area contributed by atoms with Crippen molar-refractivity contribution in [2.45, 2.75) is 31.3 Å². The molecule has 0 saturated carbocycles. The summed E-state index contributed by atoms with van der Waals surface area (Å²) in [4.78, 5) is 38.3. The van der Waals surface area contributed by atoms with Gasteiger partial charge in [-0.2, -0.15) is 13.5 Å². The molecule has 0 aliphatic carbocycles. The number of carbonyl (C=O) groups excluding carboxylic acids is 3. The van der Waals surface area contributed by atoms with Gasteiger partial charge in [0.25, 0.3) is 5.91 Å². The Kier molecular flexibility index (Phi) is 5.54. The summed E-state index contributed by atoms with van der Waals surface area (Å²) < 4.78 is 34.9. The summed E-state index contributed by atoms with van der Waals surface area (Å²) in [6.45, 7) is 0.0775. The van der Waals surface area contributed by atoms with Crippen molar-refractivity contribution in [1.29, 1.82) is 0 Å². The van der Waals surface area contributed by atoms with Crippen LogP contribution in [0.2, 0.25) is 0 Å². The van der Waals surface area contributed by atoms with Crippen molar-refractivity contribution >= 4 is 28.2 Å². The highest BCUT2D eigenvalue weighted by molar-refractivity contribution is 7.80. The van der Waals surface area contributed by atoms with E-state index in [1.54, 1.807) is 24.3 Å². The minimum atomic E-state index is -4.85. The number of hydrazine groups is 1. The quantitative estimate of drug-likeness (QED) is 0.501. The second-order valence-electron chi connectivity index (χ2n) is 6.60. The average Bonchev–Trinajstić information content (AvgIpc) is 2.86. The number of likely N-dealkylation sites (N-methyl/N-ethyl adjacent to an activating group) is 1. The molecule has 0 aromatic heterocycles. The molecular formula is C16H20N4O7S. The fourth-order valence-electron chi connectivity index (χ4n) is 3.30. The maximum absolute atomic E-state index is 12.6. The Morgan fingerprint density at radius 3 is 2.61 bits per heavy atom. The summed E-state index contributed by atoms with van der Waals surface area (Å²) in [7, 11) is -3.44. The van der Waals surface area contributed by atoms with Crippen molar-refractivity contribution in [3.63, 3.8) is 0 Å². The van der Waals surface area contributed by atoms with Crippen LogP contribution in [0.25, 0.3) is 0 Å². The summed E-state index contributed by atoms with van der Waals surface area (Å²) in [5.41, 5.74) is 3.25. The SMILES string of the molecule is CN(NC(=O)[C@@H]1CCC2CN1C(=O)N2OS(=O)(=O)O)C(=O)Cc1ccccc1. The highest BCUT2D eigenvalue weighted by Crippen LogP contribution is 2.30. The second-order valence-corrected chi connectivity index (χ2v) is 7.61. The summed E-state index contributed by atoms with van der Waals surface area (Å²) >= 11 is 0. The highest BCUT2D eigenvalue weighted by atomic mass is 32.3. The van der Waals surface area contributed by atoms with Crippen molar-refractivity contribution in [2.75, 3.05) is 13.6 Å². The van der Waals surface area contributed by atoms with Crippen LogP contribution in [0.5, 0.6) is 0 Å². The number of urea groups is 1. The number of rotatable bonds is 5. The summed E-state index contributed by atoms with van der Waals surface area (Å²) in [5, 5.41) is 1.63. The third-order valence-corrected chi connectivity index (χ3v) is 5.00. The smallest absolute Gasteiger partial charge is 0.309 e.